The molecule has 0 saturated heterocycles. The van der Waals surface area contributed by atoms with Crippen LogP contribution in [0.3, 0.4) is 0 Å². The molecule has 6 nitrogen and oxygen atoms in total. The fourth-order valence-electron chi connectivity index (χ4n) is 2.29. The molecule has 0 bridgehead atoms. The van der Waals surface area contributed by atoms with Gasteiger partial charge in [0.1, 0.15) is 17.2 Å². The molecule has 0 spiro atoms. The summed E-state index contributed by atoms with van der Waals surface area (Å²) in [6, 6.07) is 11.1. The molecule has 2 aromatic carbocycles. The zero-order valence-electron chi connectivity index (χ0n) is 15.8. The second-order valence-corrected chi connectivity index (χ2v) is 6.90. The first-order valence-corrected chi connectivity index (χ1v) is 8.38. The number of amides is 2. The second-order valence-electron chi connectivity index (χ2n) is 6.90. The summed E-state index contributed by atoms with van der Waals surface area (Å²) in [4.78, 5) is 24.0. The molecule has 0 aliphatic heterocycles. The maximum Gasteiger partial charge on any atom is 0.412 e. The van der Waals surface area contributed by atoms with Crippen LogP contribution in [0.25, 0.3) is 0 Å². The third kappa shape index (κ3) is 6.62. The predicted molar refractivity (Wildman–Crippen MR) is 102 cm³/mol. The van der Waals surface area contributed by atoms with Crippen molar-refractivity contribution in [1.82, 2.24) is 0 Å². The Morgan fingerprint density at radius 2 is 1.81 bits per heavy atom. The summed E-state index contributed by atoms with van der Waals surface area (Å²) in [5.74, 6) is -0.254. The van der Waals surface area contributed by atoms with Crippen LogP contribution >= 0.6 is 0 Å². The highest BCUT2D eigenvalue weighted by atomic mass is 19.1. The highest BCUT2D eigenvalue weighted by Crippen LogP contribution is 2.21. The molecular weight excluding hydrogens is 351 g/mol. The summed E-state index contributed by atoms with van der Waals surface area (Å²) in [6.07, 6.45) is -0.648. The SMILES string of the molecule is COc1cccc(CC(=O)Nc2ccc(F)c(NC(=O)OC(C)(C)C)c2)c1. The van der Waals surface area contributed by atoms with E-state index in [0.29, 0.717) is 11.4 Å². The van der Waals surface area contributed by atoms with Gasteiger partial charge in [-0.25, -0.2) is 9.18 Å². The Labute approximate surface area is 157 Å². The summed E-state index contributed by atoms with van der Waals surface area (Å²) >= 11 is 0. The van der Waals surface area contributed by atoms with Gasteiger partial charge in [0.05, 0.1) is 19.2 Å². The van der Waals surface area contributed by atoms with E-state index < -0.39 is 17.5 Å². The molecule has 0 aromatic heterocycles. The number of rotatable bonds is 5. The van der Waals surface area contributed by atoms with Gasteiger partial charge in [-0.2, -0.15) is 0 Å². The van der Waals surface area contributed by atoms with E-state index in [0.717, 1.165) is 11.6 Å². The standard InChI is InChI=1S/C20H23FN2O4/c1-20(2,3)27-19(25)23-17-12-14(8-9-16(17)21)22-18(24)11-13-6-5-7-15(10-13)26-4/h5-10,12H,11H2,1-4H3,(H,22,24)(H,23,25). The van der Waals surface area contributed by atoms with Gasteiger partial charge in [0.15, 0.2) is 0 Å². The normalized spacial score (nSPS) is 10.9. The first-order chi connectivity index (χ1) is 12.7. The fourth-order valence-corrected chi connectivity index (χ4v) is 2.29. The zero-order valence-corrected chi connectivity index (χ0v) is 15.8. The molecule has 0 saturated carbocycles. The van der Waals surface area contributed by atoms with Crippen LogP contribution in [-0.4, -0.2) is 24.7 Å². The minimum atomic E-state index is -0.777. The van der Waals surface area contributed by atoms with Crippen molar-refractivity contribution in [3.8, 4) is 5.75 Å². The number of nitrogens with one attached hydrogen (secondary N) is 2. The minimum absolute atomic E-state index is 0.0802. The number of carbonyl (C=O) groups excluding carboxylic acids is 2. The average Bonchev–Trinajstić information content (AvgIpc) is 2.56. The van der Waals surface area contributed by atoms with Gasteiger partial charge in [0.2, 0.25) is 5.91 Å². The maximum atomic E-state index is 13.9. The van der Waals surface area contributed by atoms with Crippen molar-refractivity contribution in [3.63, 3.8) is 0 Å². The van der Waals surface area contributed by atoms with E-state index >= 15 is 0 Å². The molecule has 2 rings (SSSR count). The summed E-state index contributed by atoms with van der Waals surface area (Å²) < 4.78 is 24.2. The number of ether oxygens (including phenoxy) is 2. The summed E-state index contributed by atoms with van der Waals surface area (Å²) in [5, 5.41) is 5.02. The van der Waals surface area contributed by atoms with E-state index in [4.69, 9.17) is 9.47 Å². The number of hydrogen-bond acceptors (Lipinski definition) is 4. The van der Waals surface area contributed by atoms with Gasteiger partial charge >= 0.3 is 6.09 Å². The molecule has 0 unspecified atom stereocenters. The van der Waals surface area contributed by atoms with E-state index in [-0.39, 0.29) is 18.0 Å². The van der Waals surface area contributed by atoms with E-state index in [1.165, 1.54) is 12.1 Å². The first kappa shape index (κ1) is 20.2. The van der Waals surface area contributed by atoms with Crippen LogP contribution in [0.1, 0.15) is 26.3 Å². The Morgan fingerprint density at radius 3 is 2.48 bits per heavy atom. The molecule has 144 valence electrons. The lowest BCUT2D eigenvalue weighted by Crippen LogP contribution is -2.27. The average molecular weight is 374 g/mol. The van der Waals surface area contributed by atoms with Gasteiger partial charge in [-0.3, -0.25) is 10.1 Å². The van der Waals surface area contributed by atoms with Crippen molar-refractivity contribution >= 4 is 23.4 Å². The Morgan fingerprint density at radius 1 is 1.07 bits per heavy atom. The third-order valence-electron chi connectivity index (χ3n) is 3.38. The van der Waals surface area contributed by atoms with Crippen molar-refractivity contribution in [3.05, 3.63) is 53.8 Å². The number of hydrogen-bond donors (Lipinski definition) is 2. The molecule has 0 radical (unpaired) electrons. The van der Waals surface area contributed by atoms with Crippen LogP contribution in [0.2, 0.25) is 0 Å². The molecule has 2 N–H and O–H groups in total. The quantitative estimate of drug-likeness (QED) is 0.815. The Bertz CT molecular complexity index is 831. The summed E-state index contributed by atoms with van der Waals surface area (Å²) in [5.41, 5.74) is 0.350. The minimum Gasteiger partial charge on any atom is -0.497 e. The van der Waals surface area contributed by atoms with Gasteiger partial charge < -0.3 is 14.8 Å². The molecule has 0 atom stereocenters. The van der Waals surface area contributed by atoms with Gasteiger partial charge in [-0.1, -0.05) is 12.1 Å². The lowest BCUT2D eigenvalue weighted by atomic mass is 10.1. The van der Waals surface area contributed by atoms with Crippen LogP contribution in [0, 0.1) is 5.82 Å². The molecule has 0 aliphatic rings. The molecule has 2 amide bonds. The van der Waals surface area contributed by atoms with Crippen molar-refractivity contribution in [2.45, 2.75) is 32.8 Å². The van der Waals surface area contributed by atoms with Gasteiger partial charge in [-0.15, -0.1) is 0 Å². The second kappa shape index (κ2) is 8.53. The summed E-state index contributed by atoms with van der Waals surface area (Å²) in [7, 11) is 1.55. The van der Waals surface area contributed by atoms with Crippen molar-refractivity contribution < 1.29 is 23.5 Å². The molecular formula is C20H23FN2O4. The lowest BCUT2D eigenvalue weighted by molar-refractivity contribution is -0.115. The lowest BCUT2D eigenvalue weighted by Gasteiger charge is -2.20. The van der Waals surface area contributed by atoms with E-state index in [2.05, 4.69) is 10.6 Å². The first-order valence-electron chi connectivity index (χ1n) is 8.38. The van der Waals surface area contributed by atoms with Gasteiger partial charge in [0.25, 0.3) is 0 Å². The number of benzene rings is 2. The highest BCUT2D eigenvalue weighted by molar-refractivity contribution is 5.93. The Hall–Kier alpha value is -3.09. The van der Waals surface area contributed by atoms with Crippen LogP contribution in [0.4, 0.5) is 20.6 Å². The maximum absolute atomic E-state index is 13.9. The molecule has 27 heavy (non-hydrogen) atoms. The molecule has 0 fully saturated rings. The van der Waals surface area contributed by atoms with Crippen LogP contribution in [0.15, 0.2) is 42.5 Å². The van der Waals surface area contributed by atoms with Crippen LogP contribution in [-0.2, 0) is 16.0 Å². The number of methoxy groups -OCH3 is 1. The number of carbonyl (C=O) groups is 2. The monoisotopic (exact) mass is 374 g/mol. The zero-order chi connectivity index (χ0) is 20.0. The largest absolute Gasteiger partial charge is 0.497 e. The highest BCUT2D eigenvalue weighted by Gasteiger charge is 2.17. The van der Waals surface area contributed by atoms with Crippen LogP contribution < -0.4 is 15.4 Å². The Kier molecular flexibility index (Phi) is 6.39. The fraction of sp³-hybridized carbons (Fsp3) is 0.300. The van der Waals surface area contributed by atoms with E-state index in [1.54, 1.807) is 46.1 Å². The molecule has 2 aromatic rings. The van der Waals surface area contributed by atoms with E-state index in [1.807, 2.05) is 6.07 Å². The topological polar surface area (TPSA) is 76.7 Å². The van der Waals surface area contributed by atoms with Crippen molar-refractivity contribution in [2.75, 3.05) is 17.7 Å². The van der Waals surface area contributed by atoms with Crippen molar-refractivity contribution in [1.29, 1.82) is 0 Å². The third-order valence-corrected chi connectivity index (χ3v) is 3.38. The number of halogens is 1. The van der Waals surface area contributed by atoms with Gasteiger partial charge in [0, 0.05) is 5.69 Å². The number of anilines is 2. The molecule has 7 heteroatoms. The van der Waals surface area contributed by atoms with Crippen LogP contribution in [0.5, 0.6) is 5.75 Å². The van der Waals surface area contributed by atoms with Gasteiger partial charge in [-0.05, 0) is 56.7 Å². The predicted octanol–water partition coefficient (Wildman–Crippen LogP) is 4.36. The molecule has 0 heterocycles. The smallest absolute Gasteiger partial charge is 0.412 e. The Balaban J connectivity index is 2.04. The van der Waals surface area contributed by atoms with E-state index in [9.17, 15) is 14.0 Å². The van der Waals surface area contributed by atoms with Crippen molar-refractivity contribution in [2.24, 2.45) is 0 Å². The molecule has 0 aliphatic carbocycles. The summed E-state index contributed by atoms with van der Waals surface area (Å²) in [6.45, 7) is 5.12.